The summed E-state index contributed by atoms with van der Waals surface area (Å²) in [5, 5.41) is 0.755. The number of thioether (sulfide) groups is 1. The van der Waals surface area contributed by atoms with Crippen molar-refractivity contribution in [2.45, 2.75) is 12.2 Å². The fourth-order valence-corrected chi connectivity index (χ4v) is 4.49. The quantitative estimate of drug-likeness (QED) is 0.580. The molecule has 0 unspecified atom stereocenters. The molecule has 0 saturated carbocycles. The van der Waals surface area contributed by atoms with Crippen molar-refractivity contribution in [3.05, 3.63) is 96.6 Å². The molecule has 4 heteroatoms. The number of aliphatic imine (C=N–C) groups is 1. The molecular weight excluding hydrogens is 352 g/mol. The number of para-hydroxylation sites is 2. The Balaban J connectivity index is 1.78. The summed E-state index contributed by atoms with van der Waals surface area (Å²) in [5.74, 6) is -0.232. The van der Waals surface area contributed by atoms with Crippen molar-refractivity contribution < 1.29 is 4.79 Å². The van der Waals surface area contributed by atoms with Gasteiger partial charge in [0.05, 0.1) is 5.92 Å². The van der Waals surface area contributed by atoms with E-state index in [4.69, 9.17) is 0 Å². The molecule has 1 aliphatic heterocycles. The van der Waals surface area contributed by atoms with E-state index >= 15 is 0 Å². The molecule has 3 nitrogen and oxygen atoms in total. The highest BCUT2D eigenvalue weighted by atomic mass is 32.2. The maximum absolute atomic E-state index is 12.7. The van der Waals surface area contributed by atoms with Gasteiger partial charge in [-0.25, -0.2) is 0 Å². The van der Waals surface area contributed by atoms with Gasteiger partial charge in [0.2, 0.25) is 0 Å². The Hall–Kier alpha value is -2.85. The molecule has 0 radical (unpaired) electrons. The molecule has 0 fully saturated rings. The van der Waals surface area contributed by atoms with E-state index in [1.165, 1.54) is 0 Å². The minimum Gasteiger partial charge on any atom is -0.289 e. The van der Waals surface area contributed by atoms with E-state index in [0.29, 0.717) is 5.17 Å². The molecule has 1 heterocycles. The lowest BCUT2D eigenvalue weighted by Crippen LogP contribution is -2.32. The third-order valence-electron chi connectivity index (χ3n) is 4.63. The van der Waals surface area contributed by atoms with Crippen LogP contribution in [0.15, 0.2) is 96.0 Å². The molecule has 0 bridgehead atoms. The maximum atomic E-state index is 12.7. The van der Waals surface area contributed by atoms with Crippen molar-refractivity contribution in [2.75, 3.05) is 4.90 Å². The first-order valence-corrected chi connectivity index (χ1v) is 9.86. The van der Waals surface area contributed by atoms with E-state index in [1.807, 2.05) is 85.8 Å². The van der Waals surface area contributed by atoms with Gasteiger partial charge in [0, 0.05) is 16.6 Å². The monoisotopic (exact) mass is 372 g/mol. The van der Waals surface area contributed by atoms with E-state index in [9.17, 15) is 4.79 Å². The Morgan fingerprint density at radius 2 is 1.26 bits per heavy atom. The molecule has 3 aromatic rings. The van der Waals surface area contributed by atoms with Crippen LogP contribution in [0.4, 0.5) is 11.4 Å². The first-order valence-electron chi connectivity index (χ1n) is 8.98. The van der Waals surface area contributed by atoms with Gasteiger partial charge in [-0.3, -0.25) is 9.69 Å². The molecule has 0 aliphatic carbocycles. The third kappa shape index (κ3) is 3.67. The SMILES string of the molecule is C[C@@H]1C(=O)N=C(N(c2ccccc2)c2ccccc2)S[C@H]1c1ccccc1. The maximum Gasteiger partial charge on any atom is 0.252 e. The molecule has 4 rings (SSSR count). The Kier molecular flexibility index (Phi) is 5.07. The van der Waals surface area contributed by atoms with E-state index in [2.05, 4.69) is 22.0 Å². The first-order chi connectivity index (χ1) is 13.2. The summed E-state index contributed by atoms with van der Waals surface area (Å²) in [6, 6.07) is 30.3. The summed E-state index contributed by atoms with van der Waals surface area (Å²) in [7, 11) is 0. The number of amidine groups is 1. The fourth-order valence-electron chi connectivity index (χ4n) is 3.19. The lowest BCUT2D eigenvalue weighted by molar-refractivity contribution is -0.121. The normalized spacial score (nSPS) is 19.4. The van der Waals surface area contributed by atoms with Crippen molar-refractivity contribution in [1.29, 1.82) is 0 Å². The molecule has 1 aliphatic rings. The van der Waals surface area contributed by atoms with E-state index in [1.54, 1.807) is 11.8 Å². The molecule has 27 heavy (non-hydrogen) atoms. The van der Waals surface area contributed by atoms with Crippen LogP contribution >= 0.6 is 11.8 Å². The van der Waals surface area contributed by atoms with Crippen LogP contribution in [0.1, 0.15) is 17.7 Å². The lowest BCUT2D eigenvalue weighted by Gasteiger charge is -2.33. The van der Waals surface area contributed by atoms with Crippen LogP contribution in [0.3, 0.4) is 0 Å². The Morgan fingerprint density at radius 3 is 1.78 bits per heavy atom. The van der Waals surface area contributed by atoms with Gasteiger partial charge in [-0.15, -0.1) is 0 Å². The standard InChI is InChI=1S/C23H20N2OS/c1-17-21(18-11-5-2-6-12-18)27-23(24-22(17)26)25(19-13-7-3-8-14-19)20-15-9-4-10-16-20/h2-17,21H,1H3/t17-,21+/m0/s1. The molecular formula is C23H20N2OS. The number of benzene rings is 3. The highest BCUT2D eigenvalue weighted by Crippen LogP contribution is 2.43. The summed E-state index contributed by atoms with van der Waals surface area (Å²) < 4.78 is 0. The summed E-state index contributed by atoms with van der Waals surface area (Å²) in [4.78, 5) is 19.2. The largest absolute Gasteiger partial charge is 0.289 e. The summed E-state index contributed by atoms with van der Waals surface area (Å²) >= 11 is 1.65. The van der Waals surface area contributed by atoms with Gasteiger partial charge in [0.1, 0.15) is 0 Å². The van der Waals surface area contributed by atoms with E-state index in [0.717, 1.165) is 16.9 Å². The highest BCUT2D eigenvalue weighted by Gasteiger charge is 2.34. The van der Waals surface area contributed by atoms with Crippen LogP contribution in [0.5, 0.6) is 0 Å². The zero-order chi connectivity index (χ0) is 18.6. The molecule has 0 spiro atoms. The zero-order valence-corrected chi connectivity index (χ0v) is 15.8. The van der Waals surface area contributed by atoms with Crippen molar-refractivity contribution in [3.8, 4) is 0 Å². The lowest BCUT2D eigenvalue weighted by atomic mass is 10.00. The Labute approximate surface area is 163 Å². The van der Waals surface area contributed by atoms with Crippen LogP contribution in [0, 0.1) is 5.92 Å². The van der Waals surface area contributed by atoms with E-state index < -0.39 is 0 Å². The van der Waals surface area contributed by atoms with Crippen LogP contribution in [0.25, 0.3) is 0 Å². The van der Waals surface area contributed by atoms with E-state index in [-0.39, 0.29) is 17.1 Å². The molecule has 1 amide bonds. The van der Waals surface area contributed by atoms with Gasteiger partial charge in [-0.05, 0) is 29.8 Å². The van der Waals surface area contributed by atoms with Crippen molar-refractivity contribution in [2.24, 2.45) is 10.9 Å². The van der Waals surface area contributed by atoms with Gasteiger partial charge in [-0.1, -0.05) is 85.4 Å². The van der Waals surface area contributed by atoms with Crippen LogP contribution < -0.4 is 4.90 Å². The number of hydrogen-bond acceptors (Lipinski definition) is 3. The second kappa shape index (κ2) is 7.80. The summed E-state index contributed by atoms with van der Waals surface area (Å²) in [6.07, 6.45) is 0. The van der Waals surface area contributed by atoms with Crippen molar-refractivity contribution >= 4 is 34.2 Å². The van der Waals surface area contributed by atoms with Crippen molar-refractivity contribution in [1.82, 2.24) is 0 Å². The topological polar surface area (TPSA) is 32.7 Å². The fraction of sp³-hybridized carbons (Fsp3) is 0.130. The number of anilines is 2. The van der Waals surface area contributed by atoms with Gasteiger partial charge in [0.25, 0.3) is 5.91 Å². The van der Waals surface area contributed by atoms with Gasteiger partial charge < -0.3 is 0 Å². The van der Waals surface area contributed by atoms with Crippen LogP contribution in [-0.2, 0) is 4.79 Å². The van der Waals surface area contributed by atoms with Gasteiger partial charge in [0.15, 0.2) is 5.17 Å². The number of carbonyl (C=O) groups excluding carboxylic acids is 1. The first kappa shape index (κ1) is 17.6. The molecule has 0 saturated heterocycles. The average molecular weight is 372 g/mol. The number of hydrogen-bond donors (Lipinski definition) is 0. The minimum absolute atomic E-state index is 0.0427. The van der Waals surface area contributed by atoms with Gasteiger partial charge >= 0.3 is 0 Å². The van der Waals surface area contributed by atoms with Crippen LogP contribution in [-0.4, -0.2) is 11.1 Å². The molecule has 2 atom stereocenters. The second-order valence-corrected chi connectivity index (χ2v) is 7.59. The molecule has 0 N–H and O–H groups in total. The van der Waals surface area contributed by atoms with Gasteiger partial charge in [-0.2, -0.15) is 4.99 Å². The second-order valence-electron chi connectivity index (χ2n) is 6.48. The highest BCUT2D eigenvalue weighted by molar-refractivity contribution is 8.14. The predicted octanol–water partition coefficient (Wildman–Crippen LogP) is 5.83. The molecule has 134 valence electrons. The third-order valence-corrected chi connectivity index (χ3v) is 6.05. The predicted molar refractivity (Wildman–Crippen MR) is 113 cm³/mol. The Morgan fingerprint density at radius 1 is 0.778 bits per heavy atom. The number of nitrogens with zero attached hydrogens (tertiary/aromatic N) is 2. The number of carbonyl (C=O) groups is 1. The molecule has 0 aromatic heterocycles. The average Bonchev–Trinajstić information content (AvgIpc) is 2.73. The number of amides is 1. The number of rotatable bonds is 3. The molecule has 3 aromatic carbocycles. The van der Waals surface area contributed by atoms with Crippen LogP contribution in [0.2, 0.25) is 0 Å². The summed E-state index contributed by atoms with van der Waals surface area (Å²) in [6.45, 7) is 1.96. The van der Waals surface area contributed by atoms with Crippen molar-refractivity contribution in [3.63, 3.8) is 0 Å². The minimum atomic E-state index is -0.158. The Bertz CT molecular complexity index is 902. The smallest absolute Gasteiger partial charge is 0.252 e. The summed E-state index contributed by atoms with van der Waals surface area (Å²) in [5.41, 5.74) is 3.13. The zero-order valence-electron chi connectivity index (χ0n) is 15.0.